The molecule has 0 aromatic heterocycles. The van der Waals surface area contributed by atoms with Gasteiger partial charge in [0.2, 0.25) is 0 Å². The average Bonchev–Trinajstić information content (AvgIpc) is 2.73. The van der Waals surface area contributed by atoms with Crippen LogP contribution in [0.5, 0.6) is 0 Å². The van der Waals surface area contributed by atoms with Crippen LogP contribution in [0.2, 0.25) is 0 Å². The van der Waals surface area contributed by atoms with E-state index in [1.807, 2.05) is 0 Å². The van der Waals surface area contributed by atoms with Gasteiger partial charge in [0, 0.05) is 0 Å². The zero-order valence-electron chi connectivity index (χ0n) is 10.7. The first-order chi connectivity index (χ1) is 7.35. The van der Waals surface area contributed by atoms with Gasteiger partial charge in [0.1, 0.15) is 0 Å². The SMILES string of the molecule is CCC1CC(CC)C(C2CCCCC2)C1. The van der Waals surface area contributed by atoms with E-state index in [4.69, 9.17) is 0 Å². The number of rotatable bonds is 3. The highest BCUT2D eigenvalue weighted by Crippen LogP contribution is 2.47. The Balaban J connectivity index is 1.93. The summed E-state index contributed by atoms with van der Waals surface area (Å²) in [7, 11) is 0. The molecule has 0 saturated heterocycles. The molecule has 2 fully saturated rings. The topological polar surface area (TPSA) is 0 Å². The fourth-order valence-electron chi connectivity index (χ4n) is 4.22. The Kier molecular flexibility index (Phi) is 4.11. The van der Waals surface area contributed by atoms with Gasteiger partial charge >= 0.3 is 0 Å². The Labute approximate surface area is 95.8 Å². The molecule has 2 saturated carbocycles. The molecule has 15 heavy (non-hydrogen) atoms. The molecule has 2 aliphatic rings. The van der Waals surface area contributed by atoms with E-state index in [2.05, 4.69) is 13.8 Å². The lowest BCUT2D eigenvalue weighted by atomic mass is 9.75. The largest absolute Gasteiger partial charge is 0.0651 e. The Bertz CT molecular complexity index is 178. The molecule has 88 valence electrons. The van der Waals surface area contributed by atoms with Crippen molar-refractivity contribution in [2.45, 2.75) is 71.6 Å². The van der Waals surface area contributed by atoms with E-state index >= 15 is 0 Å². The van der Waals surface area contributed by atoms with Crippen molar-refractivity contribution in [1.82, 2.24) is 0 Å². The fourth-order valence-corrected chi connectivity index (χ4v) is 4.22. The van der Waals surface area contributed by atoms with Crippen molar-refractivity contribution in [1.29, 1.82) is 0 Å². The van der Waals surface area contributed by atoms with Crippen LogP contribution in [0.1, 0.15) is 71.6 Å². The molecule has 0 aromatic carbocycles. The van der Waals surface area contributed by atoms with E-state index in [9.17, 15) is 0 Å². The van der Waals surface area contributed by atoms with Crippen molar-refractivity contribution in [3.05, 3.63) is 0 Å². The molecular weight excluding hydrogens is 180 g/mol. The minimum Gasteiger partial charge on any atom is -0.0651 e. The Morgan fingerprint density at radius 1 is 0.867 bits per heavy atom. The van der Waals surface area contributed by atoms with Crippen molar-refractivity contribution >= 4 is 0 Å². The van der Waals surface area contributed by atoms with E-state index in [-0.39, 0.29) is 0 Å². The van der Waals surface area contributed by atoms with Gasteiger partial charge in [-0.3, -0.25) is 0 Å². The lowest BCUT2D eigenvalue weighted by Gasteiger charge is -2.31. The van der Waals surface area contributed by atoms with Gasteiger partial charge in [0.15, 0.2) is 0 Å². The zero-order valence-corrected chi connectivity index (χ0v) is 10.7. The number of hydrogen-bond donors (Lipinski definition) is 0. The smallest absolute Gasteiger partial charge is 0.0355 e. The molecule has 2 aliphatic carbocycles. The molecule has 0 aliphatic heterocycles. The highest BCUT2D eigenvalue weighted by atomic mass is 14.4. The molecule has 0 radical (unpaired) electrons. The first-order valence-corrected chi connectivity index (χ1v) is 7.35. The lowest BCUT2D eigenvalue weighted by molar-refractivity contribution is 0.197. The van der Waals surface area contributed by atoms with Gasteiger partial charge in [-0.05, 0) is 36.5 Å². The van der Waals surface area contributed by atoms with E-state index < -0.39 is 0 Å². The number of hydrogen-bond acceptors (Lipinski definition) is 0. The van der Waals surface area contributed by atoms with Gasteiger partial charge in [-0.25, -0.2) is 0 Å². The van der Waals surface area contributed by atoms with Crippen LogP contribution in [0.25, 0.3) is 0 Å². The molecular formula is C15H28. The van der Waals surface area contributed by atoms with Crippen molar-refractivity contribution in [2.24, 2.45) is 23.7 Å². The third kappa shape index (κ3) is 2.57. The third-order valence-electron chi connectivity index (χ3n) is 5.20. The highest BCUT2D eigenvalue weighted by Gasteiger charge is 2.37. The van der Waals surface area contributed by atoms with Crippen LogP contribution >= 0.6 is 0 Å². The van der Waals surface area contributed by atoms with Gasteiger partial charge in [0.05, 0.1) is 0 Å². The summed E-state index contributed by atoms with van der Waals surface area (Å²) in [5.41, 5.74) is 0. The lowest BCUT2D eigenvalue weighted by Crippen LogP contribution is -2.21. The maximum atomic E-state index is 2.42. The summed E-state index contributed by atoms with van der Waals surface area (Å²) in [5, 5.41) is 0. The Hall–Kier alpha value is 0. The van der Waals surface area contributed by atoms with Crippen LogP contribution in [0.15, 0.2) is 0 Å². The summed E-state index contributed by atoms with van der Waals surface area (Å²) in [5.74, 6) is 4.38. The van der Waals surface area contributed by atoms with Crippen molar-refractivity contribution in [2.75, 3.05) is 0 Å². The Morgan fingerprint density at radius 2 is 1.60 bits per heavy atom. The van der Waals surface area contributed by atoms with Crippen LogP contribution in [0.3, 0.4) is 0 Å². The highest BCUT2D eigenvalue weighted by molar-refractivity contribution is 4.87. The van der Waals surface area contributed by atoms with Crippen molar-refractivity contribution < 1.29 is 0 Å². The molecule has 0 heterocycles. The summed E-state index contributed by atoms with van der Waals surface area (Å²) >= 11 is 0. The summed E-state index contributed by atoms with van der Waals surface area (Å²) in [4.78, 5) is 0. The molecule has 0 N–H and O–H groups in total. The van der Waals surface area contributed by atoms with Gasteiger partial charge in [-0.1, -0.05) is 58.8 Å². The van der Waals surface area contributed by atoms with Crippen molar-refractivity contribution in [3.63, 3.8) is 0 Å². The van der Waals surface area contributed by atoms with Crippen LogP contribution < -0.4 is 0 Å². The molecule has 3 unspecified atom stereocenters. The van der Waals surface area contributed by atoms with E-state index in [0.717, 1.165) is 23.7 Å². The van der Waals surface area contributed by atoms with Crippen LogP contribution in [0.4, 0.5) is 0 Å². The molecule has 0 spiro atoms. The van der Waals surface area contributed by atoms with Crippen LogP contribution in [-0.4, -0.2) is 0 Å². The van der Waals surface area contributed by atoms with E-state index in [1.165, 1.54) is 32.1 Å². The van der Waals surface area contributed by atoms with Gasteiger partial charge in [-0.2, -0.15) is 0 Å². The zero-order chi connectivity index (χ0) is 10.7. The average molecular weight is 208 g/mol. The maximum absolute atomic E-state index is 2.42. The third-order valence-corrected chi connectivity index (χ3v) is 5.20. The molecule has 0 amide bonds. The Morgan fingerprint density at radius 3 is 2.20 bits per heavy atom. The molecule has 0 bridgehead atoms. The molecule has 3 atom stereocenters. The summed E-state index contributed by atoms with van der Waals surface area (Å²) in [6.07, 6.45) is 13.7. The molecule has 2 rings (SSSR count). The standard InChI is InChI=1S/C15H28/c1-3-12-10-13(4-2)15(11-12)14-8-6-5-7-9-14/h12-15H,3-11H2,1-2H3. The minimum absolute atomic E-state index is 1.07. The second-order valence-corrected chi connectivity index (χ2v) is 5.98. The minimum atomic E-state index is 1.07. The first-order valence-electron chi connectivity index (χ1n) is 7.35. The van der Waals surface area contributed by atoms with Gasteiger partial charge in [-0.15, -0.1) is 0 Å². The predicted octanol–water partition coefficient (Wildman–Crippen LogP) is 5.03. The summed E-state index contributed by atoms with van der Waals surface area (Å²) in [6, 6.07) is 0. The monoisotopic (exact) mass is 208 g/mol. The van der Waals surface area contributed by atoms with Gasteiger partial charge < -0.3 is 0 Å². The second kappa shape index (κ2) is 5.37. The van der Waals surface area contributed by atoms with E-state index in [1.54, 1.807) is 25.7 Å². The van der Waals surface area contributed by atoms with Crippen LogP contribution in [-0.2, 0) is 0 Å². The van der Waals surface area contributed by atoms with E-state index in [0.29, 0.717) is 0 Å². The molecule has 0 aromatic rings. The van der Waals surface area contributed by atoms with Crippen molar-refractivity contribution in [3.8, 4) is 0 Å². The summed E-state index contributed by atoms with van der Waals surface area (Å²) in [6.45, 7) is 4.80. The fraction of sp³-hybridized carbons (Fsp3) is 1.00. The maximum Gasteiger partial charge on any atom is -0.0355 e. The summed E-state index contributed by atoms with van der Waals surface area (Å²) < 4.78 is 0. The van der Waals surface area contributed by atoms with Crippen LogP contribution in [0, 0.1) is 23.7 Å². The first kappa shape index (κ1) is 11.5. The second-order valence-electron chi connectivity index (χ2n) is 5.98. The van der Waals surface area contributed by atoms with Gasteiger partial charge in [0.25, 0.3) is 0 Å². The molecule has 0 heteroatoms. The predicted molar refractivity (Wildman–Crippen MR) is 66.9 cm³/mol. The quantitative estimate of drug-likeness (QED) is 0.610. The normalized spacial score (nSPS) is 38.4. The molecule has 0 nitrogen and oxygen atoms in total.